The van der Waals surface area contributed by atoms with E-state index in [1.54, 1.807) is 84.7 Å². The van der Waals surface area contributed by atoms with Crippen LogP contribution in [0.25, 0.3) is 0 Å². The molecular formula is C53H54F6N4O2S2. The second-order valence-electron chi connectivity index (χ2n) is 15.6. The molecular weight excluding hydrogens is 903 g/mol. The van der Waals surface area contributed by atoms with Crippen LogP contribution in [0.4, 0.5) is 26.3 Å². The van der Waals surface area contributed by atoms with Crippen molar-refractivity contribution in [2.45, 2.75) is 87.0 Å². The molecule has 6 nitrogen and oxygen atoms in total. The van der Waals surface area contributed by atoms with Crippen molar-refractivity contribution in [3.05, 3.63) is 211 Å². The molecule has 0 unspecified atom stereocenters. The number of ether oxygens (including phenoxy) is 2. The molecule has 0 N–H and O–H groups in total. The number of benzene rings is 4. The molecule has 0 amide bonds. The van der Waals surface area contributed by atoms with Crippen LogP contribution >= 0.6 is 22.7 Å². The normalized spacial score (nSPS) is 11.0. The third-order valence-electron chi connectivity index (χ3n) is 9.46. The third-order valence-corrected chi connectivity index (χ3v) is 11.4. The van der Waals surface area contributed by atoms with E-state index in [9.17, 15) is 26.3 Å². The Morgan fingerprint density at radius 1 is 0.403 bits per heavy atom. The van der Waals surface area contributed by atoms with Gasteiger partial charge in [0, 0.05) is 39.4 Å². The van der Waals surface area contributed by atoms with Gasteiger partial charge in [0.25, 0.3) is 0 Å². The zero-order valence-corrected chi connectivity index (χ0v) is 40.7. The van der Waals surface area contributed by atoms with Crippen LogP contribution in [0.15, 0.2) is 145 Å². The van der Waals surface area contributed by atoms with Crippen LogP contribution in [0.2, 0.25) is 0 Å². The summed E-state index contributed by atoms with van der Waals surface area (Å²) in [6.07, 6.45) is -4.38. The summed E-state index contributed by atoms with van der Waals surface area (Å²) in [4.78, 5) is 20.3. The fraction of sp³-hybridized carbons (Fsp3) is 0.245. The highest BCUT2D eigenvalue weighted by atomic mass is 32.1. The lowest BCUT2D eigenvalue weighted by molar-refractivity contribution is -0.288. The molecule has 0 radical (unpaired) electrons. The number of rotatable bonds is 6. The minimum Gasteiger partial charge on any atom is -0.457 e. The summed E-state index contributed by atoms with van der Waals surface area (Å²) in [5.74, 6) is 1.02. The molecule has 352 valence electrons. The van der Waals surface area contributed by atoms with Gasteiger partial charge in [-0.05, 0) is 158 Å². The highest BCUT2D eigenvalue weighted by molar-refractivity contribution is 7.11. The number of hydrogen-bond donors (Lipinski definition) is 0. The maximum atomic E-state index is 14.4. The molecule has 8 rings (SSSR count). The Bertz CT molecular complexity index is 2480. The van der Waals surface area contributed by atoms with Crippen LogP contribution in [-0.4, -0.2) is 32.3 Å². The molecule has 4 aromatic carbocycles. The van der Waals surface area contributed by atoms with Gasteiger partial charge in [-0.15, -0.1) is 22.7 Å². The van der Waals surface area contributed by atoms with Crippen molar-refractivity contribution in [3.8, 4) is 23.0 Å². The van der Waals surface area contributed by atoms with Crippen molar-refractivity contribution in [3.63, 3.8) is 0 Å². The van der Waals surface area contributed by atoms with E-state index in [2.05, 4.69) is 71.2 Å². The van der Waals surface area contributed by atoms with Crippen molar-refractivity contribution in [1.29, 1.82) is 0 Å². The topological polar surface area (TPSA) is 70.0 Å². The Labute approximate surface area is 397 Å². The van der Waals surface area contributed by atoms with Crippen molar-refractivity contribution in [1.82, 2.24) is 19.9 Å². The zero-order valence-electron chi connectivity index (χ0n) is 39.0. The summed E-state index contributed by atoms with van der Waals surface area (Å²) in [5.41, 5.74) is 0.997. The molecule has 0 saturated carbocycles. The van der Waals surface area contributed by atoms with Crippen LogP contribution in [-0.2, 0) is 5.41 Å². The number of thiophene rings is 2. The minimum absolute atomic E-state index is 0.104. The molecule has 0 saturated heterocycles. The standard InChI is InChI=1S/C29H22F6O2.2C6H8N2.2C6H8S/c1-19-3-11-23(12-4-19)36-25-15-7-21(8-16-25)27(28(30,31)32,29(33,34)35)22-9-17-26(18-10-22)37-24-13-5-20(2)6-14-24;1-5-3-8-6(2)4-7-5;1-5-3-7-4-6(2)8-5;1-5-3-6(2)7-4-5;1-5-3-4-6(2)7-5/h3-18H,1-2H3;2*3-4H,1-2H3;2*3-4H,1-2H3. The van der Waals surface area contributed by atoms with Crippen LogP contribution in [0.3, 0.4) is 0 Å². The maximum Gasteiger partial charge on any atom is 0.411 e. The molecule has 4 aromatic heterocycles. The van der Waals surface area contributed by atoms with Gasteiger partial charge in [-0.3, -0.25) is 19.9 Å². The molecule has 0 fully saturated rings. The molecule has 0 bridgehead atoms. The maximum absolute atomic E-state index is 14.4. The van der Waals surface area contributed by atoms with Gasteiger partial charge in [0.05, 0.1) is 22.8 Å². The first-order valence-corrected chi connectivity index (χ1v) is 22.6. The van der Waals surface area contributed by atoms with E-state index in [0.717, 1.165) is 82.4 Å². The second kappa shape index (κ2) is 24.4. The Hall–Kier alpha value is -6.38. The van der Waals surface area contributed by atoms with E-state index in [1.165, 1.54) is 20.2 Å². The molecule has 0 aliphatic carbocycles. The quantitative estimate of drug-likeness (QED) is 0.155. The van der Waals surface area contributed by atoms with Crippen LogP contribution in [0.1, 0.15) is 65.2 Å². The Kier molecular flexibility index (Phi) is 19.4. The highest BCUT2D eigenvalue weighted by Crippen LogP contribution is 2.56. The first-order valence-electron chi connectivity index (χ1n) is 20.9. The van der Waals surface area contributed by atoms with Gasteiger partial charge in [0.2, 0.25) is 5.41 Å². The smallest absolute Gasteiger partial charge is 0.411 e. The van der Waals surface area contributed by atoms with Gasteiger partial charge in [0.15, 0.2) is 0 Å². The fourth-order valence-corrected chi connectivity index (χ4v) is 7.66. The average molecular weight is 957 g/mol. The van der Waals surface area contributed by atoms with Crippen molar-refractivity contribution in [2.75, 3.05) is 0 Å². The van der Waals surface area contributed by atoms with Gasteiger partial charge in [0.1, 0.15) is 23.0 Å². The van der Waals surface area contributed by atoms with Crippen LogP contribution in [0.5, 0.6) is 23.0 Å². The van der Waals surface area contributed by atoms with Crippen molar-refractivity contribution in [2.24, 2.45) is 0 Å². The van der Waals surface area contributed by atoms with E-state index >= 15 is 0 Å². The molecule has 8 aromatic rings. The summed E-state index contributed by atoms with van der Waals surface area (Å²) < 4.78 is 97.7. The summed E-state index contributed by atoms with van der Waals surface area (Å²) >= 11 is 3.65. The van der Waals surface area contributed by atoms with E-state index in [-0.39, 0.29) is 11.5 Å². The van der Waals surface area contributed by atoms with Gasteiger partial charge in [-0.1, -0.05) is 59.7 Å². The predicted molar refractivity (Wildman–Crippen MR) is 259 cm³/mol. The van der Waals surface area contributed by atoms with Gasteiger partial charge in [-0.2, -0.15) is 26.3 Å². The number of hydrogen-bond acceptors (Lipinski definition) is 8. The largest absolute Gasteiger partial charge is 0.457 e. The second-order valence-corrected chi connectivity index (χ2v) is 18.2. The summed E-state index contributed by atoms with van der Waals surface area (Å²) in [6, 6.07) is 27.7. The lowest BCUT2D eigenvalue weighted by Gasteiger charge is -2.38. The number of halogens is 6. The summed E-state index contributed by atoms with van der Waals surface area (Å²) in [5, 5.41) is 2.16. The van der Waals surface area contributed by atoms with Gasteiger partial charge in [-0.25, -0.2) is 0 Å². The molecule has 4 heterocycles. The average Bonchev–Trinajstić information content (AvgIpc) is 3.85. The summed E-state index contributed by atoms with van der Waals surface area (Å²) in [7, 11) is 0. The van der Waals surface area contributed by atoms with E-state index < -0.39 is 28.9 Å². The molecule has 14 heteroatoms. The Balaban J connectivity index is 0.000000257. The third kappa shape index (κ3) is 16.5. The van der Waals surface area contributed by atoms with Crippen LogP contribution < -0.4 is 9.47 Å². The molecule has 67 heavy (non-hydrogen) atoms. The summed E-state index contributed by atoms with van der Waals surface area (Å²) in [6.45, 7) is 19.9. The Morgan fingerprint density at radius 2 is 0.761 bits per heavy atom. The van der Waals surface area contributed by atoms with Crippen molar-refractivity contribution < 1.29 is 35.8 Å². The first-order chi connectivity index (χ1) is 31.5. The van der Waals surface area contributed by atoms with Crippen molar-refractivity contribution >= 4 is 22.7 Å². The van der Waals surface area contributed by atoms with Gasteiger partial charge < -0.3 is 9.47 Å². The SMILES string of the molecule is Cc1ccc(C)s1.Cc1ccc(Oc2ccc(C(c3ccc(Oc4ccc(C)cc4)cc3)(C(F)(F)F)C(F)(F)F)cc2)cc1.Cc1cnc(C)cn1.Cc1cncc(C)n1.Cc1csc(C)c1. The molecule has 0 atom stereocenters. The molecule has 0 spiro atoms. The monoisotopic (exact) mass is 956 g/mol. The Morgan fingerprint density at radius 3 is 0.985 bits per heavy atom. The molecule has 0 aliphatic heterocycles. The van der Waals surface area contributed by atoms with Crippen LogP contribution in [0, 0.1) is 69.2 Å². The highest BCUT2D eigenvalue weighted by Gasteiger charge is 2.72. The number of nitrogens with zero attached hydrogens (tertiary/aromatic N) is 4. The number of alkyl halides is 6. The van der Waals surface area contributed by atoms with E-state index in [0.29, 0.717) is 11.5 Å². The van der Waals surface area contributed by atoms with E-state index in [1.807, 2.05) is 52.9 Å². The molecule has 0 aliphatic rings. The lowest BCUT2D eigenvalue weighted by Crippen LogP contribution is -2.54. The number of aromatic nitrogens is 4. The van der Waals surface area contributed by atoms with Gasteiger partial charge >= 0.3 is 12.4 Å². The number of aryl methyl sites for hydroxylation is 10. The predicted octanol–water partition coefficient (Wildman–Crippen LogP) is 16.2. The first kappa shape index (κ1) is 53.2. The van der Waals surface area contributed by atoms with E-state index in [4.69, 9.17) is 9.47 Å². The lowest BCUT2D eigenvalue weighted by atomic mass is 9.73. The fourth-order valence-electron chi connectivity index (χ4n) is 6.19. The minimum atomic E-state index is -5.69. The zero-order chi connectivity index (χ0) is 49.4.